The molecule has 4 aromatic rings. The number of nitrogens with one attached hydrogen (secondary N) is 1. The molecule has 7 heteroatoms. The number of hydrogen-bond acceptors (Lipinski definition) is 5. The zero-order valence-electron chi connectivity index (χ0n) is 17.4. The average molecular weight is 455 g/mol. The van der Waals surface area contributed by atoms with Crippen molar-refractivity contribution in [2.45, 2.75) is 11.4 Å². The number of hydrogen-bond donors (Lipinski definition) is 1. The van der Waals surface area contributed by atoms with E-state index in [0.29, 0.717) is 22.1 Å². The maximum Gasteiger partial charge on any atom is 0.244 e. The van der Waals surface area contributed by atoms with Gasteiger partial charge in [0.25, 0.3) is 0 Å². The summed E-state index contributed by atoms with van der Waals surface area (Å²) in [5.41, 5.74) is 3.22. The molecule has 0 unspecified atom stereocenters. The Hall–Kier alpha value is -3.97. The van der Waals surface area contributed by atoms with E-state index in [9.17, 15) is 9.59 Å². The van der Waals surface area contributed by atoms with Crippen LogP contribution in [0.25, 0.3) is 17.0 Å². The molecule has 0 fully saturated rings. The molecule has 0 saturated carbocycles. The van der Waals surface area contributed by atoms with E-state index in [-0.39, 0.29) is 25.0 Å². The fourth-order valence-corrected chi connectivity index (χ4v) is 5.17. The van der Waals surface area contributed by atoms with E-state index in [1.807, 2.05) is 65.4 Å². The van der Waals surface area contributed by atoms with Gasteiger partial charge in [-0.1, -0.05) is 42.1 Å². The molecule has 162 valence electrons. The molecule has 2 aliphatic rings. The van der Waals surface area contributed by atoms with Crippen LogP contribution in [-0.4, -0.2) is 23.1 Å². The van der Waals surface area contributed by atoms with E-state index in [1.54, 1.807) is 18.2 Å². The fourth-order valence-electron chi connectivity index (χ4n) is 4.13. The Kier molecular flexibility index (Phi) is 4.69. The lowest BCUT2D eigenvalue weighted by atomic mass is 10.1. The summed E-state index contributed by atoms with van der Waals surface area (Å²) in [7, 11) is 0. The van der Waals surface area contributed by atoms with E-state index < -0.39 is 0 Å². The number of carbonyl (C=O) groups is 2. The molecule has 1 aromatic heterocycles. The number of rotatable bonds is 4. The second-order valence-corrected chi connectivity index (χ2v) is 8.87. The van der Waals surface area contributed by atoms with Gasteiger partial charge in [0.15, 0.2) is 11.5 Å². The Morgan fingerprint density at radius 3 is 2.76 bits per heavy atom. The van der Waals surface area contributed by atoms with Gasteiger partial charge in [-0.3, -0.25) is 9.59 Å². The minimum absolute atomic E-state index is 0.0352. The highest BCUT2D eigenvalue weighted by Gasteiger charge is 2.25. The number of allylic oxidation sites excluding steroid dienone is 1. The molecule has 0 atom stereocenters. The van der Waals surface area contributed by atoms with Crippen molar-refractivity contribution in [1.29, 1.82) is 0 Å². The maximum absolute atomic E-state index is 12.8. The van der Waals surface area contributed by atoms with Crippen LogP contribution in [0.5, 0.6) is 11.5 Å². The number of para-hydroxylation sites is 1. The van der Waals surface area contributed by atoms with Crippen molar-refractivity contribution in [2.75, 3.05) is 12.1 Å². The fraction of sp³-hybridized carbons (Fsp3) is 0.0769. The highest BCUT2D eigenvalue weighted by atomic mass is 32.2. The molecule has 0 bridgehead atoms. The lowest BCUT2D eigenvalue weighted by Gasteiger charge is -2.08. The first-order valence-corrected chi connectivity index (χ1v) is 11.3. The Morgan fingerprint density at radius 2 is 1.85 bits per heavy atom. The molecule has 1 N–H and O–H groups in total. The van der Waals surface area contributed by atoms with Crippen LogP contribution in [0.15, 0.2) is 82.7 Å². The number of benzene rings is 3. The van der Waals surface area contributed by atoms with Gasteiger partial charge in [-0.2, -0.15) is 0 Å². The number of carbonyl (C=O) groups excluding carboxylic acids is 2. The van der Waals surface area contributed by atoms with Crippen LogP contribution in [0.4, 0.5) is 5.69 Å². The summed E-state index contributed by atoms with van der Waals surface area (Å²) in [5, 5.41) is 3.91. The zero-order valence-corrected chi connectivity index (χ0v) is 18.2. The summed E-state index contributed by atoms with van der Waals surface area (Å²) < 4.78 is 12.6. The molecule has 6 rings (SSSR count). The maximum atomic E-state index is 12.8. The predicted octanol–water partition coefficient (Wildman–Crippen LogP) is 5.34. The van der Waals surface area contributed by atoms with Gasteiger partial charge in [0, 0.05) is 44.9 Å². The molecule has 1 amide bonds. The van der Waals surface area contributed by atoms with Gasteiger partial charge in [0.1, 0.15) is 6.54 Å². The summed E-state index contributed by atoms with van der Waals surface area (Å²) in [5.74, 6) is 1.16. The number of amides is 1. The molecule has 2 aliphatic heterocycles. The molecule has 33 heavy (non-hydrogen) atoms. The summed E-state index contributed by atoms with van der Waals surface area (Å²) >= 11 is 1.48. The Bertz CT molecular complexity index is 1470. The number of anilines is 1. The number of fused-ring (bicyclic) bond motifs is 3. The molecule has 0 saturated heterocycles. The van der Waals surface area contributed by atoms with Gasteiger partial charge in [0.2, 0.25) is 18.5 Å². The van der Waals surface area contributed by atoms with E-state index in [2.05, 4.69) is 5.32 Å². The normalized spacial score (nSPS) is 15.3. The highest BCUT2D eigenvalue weighted by Crippen LogP contribution is 2.41. The smallest absolute Gasteiger partial charge is 0.244 e. The molecular formula is C26H18N2O4S. The Morgan fingerprint density at radius 1 is 1.03 bits per heavy atom. The van der Waals surface area contributed by atoms with E-state index >= 15 is 0 Å². The number of nitrogens with zero attached hydrogens (tertiary/aromatic N) is 1. The third kappa shape index (κ3) is 3.56. The molecule has 0 aliphatic carbocycles. The van der Waals surface area contributed by atoms with Crippen LogP contribution >= 0.6 is 11.8 Å². The molecule has 0 radical (unpaired) electrons. The highest BCUT2D eigenvalue weighted by molar-refractivity contribution is 8.04. The average Bonchev–Trinajstić information content (AvgIpc) is 3.51. The standard InChI is InChI=1S/C26H18N2O4S/c29-25(27-17-9-10-21-22(12-17)32-15-31-21)14-28-13-16(18-5-1-3-7-20(18)28)11-24-26(30)19-6-2-4-8-23(19)33-24/h1-13H,14-15H2,(H,27,29). The first-order valence-electron chi connectivity index (χ1n) is 10.5. The summed E-state index contributed by atoms with van der Waals surface area (Å²) in [4.78, 5) is 27.3. The summed E-state index contributed by atoms with van der Waals surface area (Å²) in [6.45, 7) is 0.325. The second-order valence-electron chi connectivity index (χ2n) is 7.78. The van der Waals surface area contributed by atoms with Gasteiger partial charge in [-0.05, 0) is 36.4 Å². The third-order valence-corrected chi connectivity index (χ3v) is 6.75. The number of thioether (sulfide) groups is 1. The van der Waals surface area contributed by atoms with E-state index in [4.69, 9.17) is 9.47 Å². The van der Waals surface area contributed by atoms with Crippen molar-refractivity contribution in [3.05, 3.63) is 89.0 Å². The van der Waals surface area contributed by atoms with Crippen LogP contribution in [0.1, 0.15) is 15.9 Å². The van der Waals surface area contributed by atoms with Gasteiger partial charge in [-0.25, -0.2) is 0 Å². The van der Waals surface area contributed by atoms with Crippen LogP contribution in [-0.2, 0) is 11.3 Å². The van der Waals surface area contributed by atoms with Crippen molar-refractivity contribution in [1.82, 2.24) is 4.57 Å². The lowest BCUT2D eigenvalue weighted by Crippen LogP contribution is -2.18. The molecule has 6 nitrogen and oxygen atoms in total. The number of Topliss-reactive ketones (excluding diaryl/α,β-unsaturated/α-hetero) is 1. The van der Waals surface area contributed by atoms with Crippen LogP contribution in [0.3, 0.4) is 0 Å². The summed E-state index contributed by atoms with van der Waals surface area (Å²) in [6, 6.07) is 20.8. The first-order chi connectivity index (χ1) is 16.2. The van der Waals surface area contributed by atoms with Crippen LogP contribution in [0.2, 0.25) is 0 Å². The topological polar surface area (TPSA) is 69.6 Å². The molecule has 3 heterocycles. The van der Waals surface area contributed by atoms with Crippen molar-refractivity contribution < 1.29 is 19.1 Å². The van der Waals surface area contributed by atoms with Crippen molar-refractivity contribution in [3.63, 3.8) is 0 Å². The Balaban J connectivity index is 1.28. The monoisotopic (exact) mass is 454 g/mol. The predicted molar refractivity (Wildman–Crippen MR) is 128 cm³/mol. The lowest BCUT2D eigenvalue weighted by molar-refractivity contribution is -0.116. The minimum atomic E-state index is -0.160. The quantitative estimate of drug-likeness (QED) is 0.422. The molecule has 3 aromatic carbocycles. The number of aromatic nitrogens is 1. The largest absolute Gasteiger partial charge is 0.454 e. The SMILES string of the molecule is O=C(Cn1cc(C=C2Sc3ccccc3C2=O)c2ccccc21)Nc1ccc2c(c1)OCO2. The second kappa shape index (κ2) is 7.86. The minimum Gasteiger partial charge on any atom is -0.454 e. The van der Waals surface area contributed by atoms with Gasteiger partial charge in [-0.15, -0.1) is 0 Å². The van der Waals surface area contributed by atoms with E-state index in [1.165, 1.54) is 11.8 Å². The summed E-state index contributed by atoms with van der Waals surface area (Å²) in [6.07, 6.45) is 3.84. The van der Waals surface area contributed by atoms with E-state index in [0.717, 1.165) is 26.9 Å². The Labute approximate surface area is 193 Å². The number of ketones is 1. The third-order valence-electron chi connectivity index (χ3n) is 5.65. The zero-order chi connectivity index (χ0) is 22.4. The van der Waals surface area contributed by atoms with Gasteiger partial charge >= 0.3 is 0 Å². The number of ether oxygens (including phenoxy) is 2. The van der Waals surface area contributed by atoms with Crippen molar-refractivity contribution in [2.24, 2.45) is 0 Å². The van der Waals surface area contributed by atoms with Gasteiger partial charge in [0.05, 0.1) is 4.91 Å². The van der Waals surface area contributed by atoms with Crippen molar-refractivity contribution >= 4 is 46.1 Å². The first kappa shape index (κ1) is 19.7. The van der Waals surface area contributed by atoms with Crippen LogP contribution < -0.4 is 14.8 Å². The molecule has 0 spiro atoms. The van der Waals surface area contributed by atoms with Crippen LogP contribution in [0, 0.1) is 0 Å². The molecular weight excluding hydrogens is 436 g/mol. The van der Waals surface area contributed by atoms with Crippen molar-refractivity contribution in [3.8, 4) is 11.5 Å². The van der Waals surface area contributed by atoms with Gasteiger partial charge < -0.3 is 19.4 Å².